The number of hydrogen-bond donors (Lipinski definition) is 1. The summed E-state index contributed by atoms with van der Waals surface area (Å²) < 4.78 is 24.3. The van der Waals surface area contributed by atoms with Gasteiger partial charge >= 0.3 is 0 Å². The van der Waals surface area contributed by atoms with Gasteiger partial charge in [0.2, 0.25) is 0 Å². The fourth-order valence-electron chi connectivity index (χ4n) is 3.92. The van der Waals surface area contributed by atoms with E-state index in [1.165, 1.54) is 32.1 Å². The lowest BCUT2D eigenvalue weighted by atomic mass is 9.83. The van der Waals surface area contributed by atoms with Gasteiger partial charge in [0.05, 0.1) is 10.6 Å². The lowest BCUT2D eigenvalue weighted by molar-refractivity contribution is 0.253. The number of fused-ring (bicyclic) bond motifs is 1. The highest BCUT2D eigenvalue weighted by molar-refractivity contribution is 7.91. The van der Waals surface area contributed by atoms with Gasteiger partial charge in [-0.15, -0.1) is 0 Å². The maximum Gasteiger partial charge on any atom is 0.178 e. The zero-order chi connectivity index (χ0) is 14.9. The zero-order valence-corrected chi connectivity index (χ0v) is 13.6. The molecular weight excluding hydrogens is 282 g/mol. The van der Waals surface area contributed by atoms with Crippen LogP contribution in [-0.2, 0) is 9.84 Å². The second kappa shape index (κ2) is 5.73. The summed E-state index contributed by atoms with van der Waals surface area (Å²) in [6.07, 6.45) is 7.20. The van der Waals surface area contributed by atoms with Gasteiger partial charge in [-0.25, -0.2) is 8.42 Å². The summed E-state index contributed by atoms with van der Waals surface area (Å²) in [5, 5.41) is 3.68. The molecule has 1 heterocycles. The second-order valence-corrected chi connectivity index (χ2v) is 8.72. The quantitative estimate of drug-likeness (QED) is 0.926. The van der Waals surface area contributed by atoms with E-state index in [-0.39, 0.29) is 11.8 Å². The van der Waals surface area contributed by atoms with Crippen LogP contribution < -0.4 is 5.32 Å². The van der Waals surface area contributed by atoms with Gasteiger partial charge in [-0.05, 0) is 42.7 Å². The molecule has 1 aromatic rings. The Morgan fingerprint density at radius 3 is 2.67 bits per heavy atom. The lowest BCUT2D eigenvalue weighted by Crippen LogP contribution is -2.37. The number of rotatable bonds is 4. The fourth-order valence-corrected chi connectivity index (χ4v) is 5.54. The number of benzene rings is 1. The number of hydrogen-bond acceptors (Lipinski definition) is 3. The highest BCUT2D eigenvalue weighted by Gasteiger charge is 2.34. The molecule has 3 rings (SSSR count). The fraction of sp³-hybridized carbons (Fsp3) is 0.647. The maximum absolute atomic E-state index is 12.2. The molecule has 2 aliphatic rings. The monoisotopic (exact) mass is 307 g/mol. The summed E-state index contributed by atoms with van der Waals surface area (Å²) in [6, 6.07) is 7.68. The van der Waals surface area contributed by atoms with E-state index in [2.05, 4.69) is 12.2 Å². The lowest BCUT2D eigenvalue weighted by Gasteiger charge is -2.33. The van der Waals surface area contributed by atoms with Crippen molar-refractivity contribution in [2.45, 2.75) is 56.4 Å². The Morgan fingerprint density at radius 2 is 1.95 bits per heavy atom. The smallest absolute Gasteiger partial charge is 0.178 e. The average Bonchev–Trinajstić information content (AvgIpc) is 2.96. The van der Waals surface area contributed by atoms with Crippen molar-refractivity contribution >= 4 is 9.84 Å². The summed E-state index contributed by atoms with van der Waals surface area (Å²) in [7, 11) is -3.07. The third-order valence-electron chi connectivity index (χ3n) is 5.44. The zero-order valence-electron chi connectivity index (χ0n) is 12.8. The van der Waals surface area contributed by atoms with E-state index < -0.39 is 9.84 Å². The summed E-state index contributed by atoms with van der Waals surface area (Å²) in [4.78, 5) is 0.533. The molecule has 0 amide bonds. The molecule has 1 saturated carbocycles. The SMILES string of the molecule is CCC1(CNC2CCS(=O)(=O)c3ccccc32)CCCC1. The summed E-state index contributed by atoms with van der Waals surface area (Å²) in [5.41, 5.74) is 1.40. The second-order valence-electron chi connectivity index (χ2n) is 6.64. The normalized spacial score (nSPS) is 26.4. The van der Waals surface area contributed by atoms with Gasteiger partial charge in [-0.3, -0.25) is 0 Å². The molecule has 1 atom stereocenters. The molecule has 4 heteroatoms. The molecule has 116 valence electrons. The van der Waals surface area contributed by atoms with Gasteiger partial charge < -0.3 is 5.32 Å². The molecule has 0 radical (unpaired) electrons. The largest absolute Gasteiger partial charge is 0.309 e. The molecule has 21 heavy (non-hydrogen) atoms. The third kappa shape index (κ3) is 2.88. The Morgan fingerprint density at radius 1 is 1.24 bits per heavy atom. The number of sulfone groups is 1. The van der Waals surface area contributed by atoms with Crippen molar-refractivity contribution in [2.75, 3.05) is 12.3 Å². The first kappa shape index (κ1) is 15.0. The van der Waals surface area contributed by atoms with Crippen molar-refractivity contribution < 1.29 is 8.42 Å². The topological polar surface area (TPSA) is 46.2 Å². The molecule has 0 spiro atoms. The van der Waals surface area contributed by atoms with Crippen molar-refractivity contribution in [1.29, 1.82) is 0 Å². The molecule has 3 nitrogen and oxygen atoms in total. The van der Waals surface area contributed by atoms with E-state index in [4.69, 9.17) is 0 Å². The molecule has 0 aromatic heterocycles. The standard InChI is InChI=1S/C17H25NO2S/c1-2-17(10-5-6-11-17)13-18-15-9-12-21(19,20)16-8-4-3-7-14(15)16/h3-4,7-8,15,18H,2,5-6,9-13H2,1H3. The van der Waals surface area contributed by atoms with E-state index >= 15 is 0 Å². The Kier molecular flexibility index (Phi) is 4.10. The number of nitrogens with one attached hydrogen (secondary N) is 1. The Hall–Kier alpha value is -0.870. The van der Waals surface area contributed by atoms with E-state index in [1.54, 1.807) is 6.07 Å². The molecule has 1 aliphatic heterocycles. The van der Waals surface area contributed by atoms with Crippen LogP contribution in [-0.4, -0.2) is 20.7 Å². The minimum absolute atomic E-state index is 0.189. The molecule has 1 fully saturated rings. The third-order valence-corrected chi connectivity index (χ3v) is 7.26. The van der Waals surface area contributed by atoms with Crippen LogP contribution in [0.4, 0.5) is 0 Å². The van der Waals surface area contributed by atoms with Crippen LogP contribution in [0.15, 0.2) is 29.2 Å². The minimum atomic E-state index is -3.07. The predicted molar refractivity (Wildman–Crippen MR) is 85.0 cm³/mol. The first-order valence-electron chi connectivity index (χ1n) is 8.11. The first-order valence-corrected chi connectivity index (χ1v) is 9.77. The van der Waals surface area contributed by atoms with Crippen LogP contribution in [0, 0.1) is 5.41 Å². The van der Waals surface area contributed by atoms with Crippen LogP contribution in [0.5, 0.6) is 0 Å². The van der Waals surface area contributed by atoms with Gasteiger partial charge in [0.1, 0.15) is 0 Å². The summed E-state index contributed by atoms with van der Waals surface area (Å²) in [6.45, 7) is 3.30. The van der Waals surface area contributed by atoms with Gasteiger partial charge in [0, 0.05) is 12.6 Å². The molecular formula is C17H25NO2S. The average molecular weight is 307 g/mol. The van der Waals surface area contributed by atoms with Gasteiger partial charge in [-0.2, -0.15) is 0 Å². The molecule has 0 bridgehead atoms. The minimum Gasteiger partial charge on any atom is -0.309 e. The van der Waals surface area contributed by atoms with Crippen molar-refractivity contribution in [2.24, 2.45) is 5.41 Å². The van der Waals surface area contributed by atoms with Gasteiger partial charge in [0.25, 0.3) is 0 Å². The Labute approximate surface area is 128 Å². The highest BCUT2D eigenvalue weighted by atomic mass is 32.2. The van der Waals surface area contributed by atoms with E-state index in [1.807, 2.05) is 18.2 Å². The van der Waals surface area contributed by atoms with Gasteiger partial charge in [-0.1, -0.05) is 38.0 Å². The molecule has 1 aliphatic carbocycles. The Bertz CT molecular complexity index is 603. The highest BCUT2D eigenvalue weighted by Crippen LogP contribution is 2.41. The summed E-state index contributed by atoms with van der Waals surface area (Å²) >= 11 is 0. The molecule has 1 aromatic carbocycles. The van der Waals surface area contributed by atoms with Crippen LogP contribution in [0.2, 0.25) is 0 Å². The van der Waals surface area contributed by atoms with E-state index in [0.717, 1.165) is 12.1 Å². The van der Waals surface area contributed by atoms with Crippen molar-refractivity contribution in [3.8, 4) is 0 Å². The van der Waals surface area contributed by atoms with Crippen molar-refractivity contribution in [3.63, 3.8) is 0 Å². The van der Waals surface area contributed by atoms with E-state index in [0.29, 0.717) is 16.7 Å². The predicted octanol–water partition coefficient (Wildman–Crippen LogP) is 3.47. The van der Waals surface area contributed by atoms with Gasteiger partial charge in [0.15, 0.2) is 9.84 Å². The van der Waals surface area contributed by atoms with Crippen LogP contribution in [0.25, 0.3) is 0 Å². The maximum atomic E-state index is 12.2. The molecule has 1 N–H and O–H groups in total. The van der Waals surface area contributed by atoms with Crippen LogP contribution >= 0.6 is 0 Å². The van der Waals surface area contributed by atoms with Crippen molar-refractivity contribution in [3.05, 3.63) is 29.8 Å². The van der Waals surface area contributed by atoms with Crippen molar-refractivity contribution in [1.82, 2.24) is 5.32 Å². The van der Waals surface area contributed by atoms with Crippen LogP contribution in [0.1, 0.15) is 57.1 Å². The Balaban J connectivity index is 1.78. The summed E-state index contributed by atoms with van der Waals surface area (Å²) in [5.74, 6) is 0.265. The van der Waals surface area contributed by atoms with Crippen LogP contribution in [0.3, 0.4) is 0 Å². The molecule has 0 saturated heterocycles. The first-order chi connectivity index (χ1) is 10.1. The van der Waals surface area contributed by atoms with E-state index in [9.17, 15) is 8.42 Å². The molecule has 1 unspecified atom stereocenters.